The van der Waals surface area contributed by atoms with Gasteiger partial charge in [0.1, 0.15) is 0 Å². The number of nitrogens with zero attached hydrogens (tertiary/aromatic N) is 1. The number of nitrogens with one attached hydrogen (secondary N) is 2. The highest BCUT2D eigenvalue weighted by Crippen LogP contribution is 2.31. The lowest BCUT2D eigenvalue weighted by Gasteiger charge is -2.13. The Morgan fingerprint density at radius 1 is 1.03 bits per heavy atom. The fourth-order valence-electron chi connectivity index (χ4n) is 3.48. The van der Waals surface area contributed by atoms with Crippen LogP contribution in [0, 0.1) is 6.92 Å². The lowest BCUT2D eigenvalue weighted by molar-refractivity contribution is -0.137. The van der Waals surface area contributed by atoms with E-state index < -0.39 is 27.7 Å². The minimum absolute atomic E-state index is 0.0422. The summed E-state index contributed by atoms with van der Waals surface area (Å²) in [5.74, 6) is -0.531. The van der Waals surface area contributed by atoms with Gasteiger partial charge in [-0.05, 0) is 43.2 Å². The zero-order valence-electron chi connectivity index (χ0n) is 18.1. The third-order valence-corrected chi connectivity index (χ3v) is 5.78. The highest BCUT2D eigenvalue weighted by molar-refractivity contribution is 7.88. The zero-order chi connectivity index (χ0) is 24.2. The first-order chi connectivity index (χ1) is 15.5. The molecule has 3 aromatic rings. The summed E-state index contributed by atoms with van der Waals surface area (Å²) in [6.07, 6.45) is -2.95. The first-order valence-corrected chi connectivity index (χ1v) is 12.0. The van der Waals surface area contributed by atoms with Crippen molar-refractivity contribution in [1.82, 2.24) is 9.29 Å². The second kappa shape index (κ2) is 9.80. The average molecular weight is 480 g/mol. The molecule has 1 heterocycles. The van der Waals surface area contributed by atoms with Crippen molar-refractivity contribution >= 4 is 21.6 Å². The third-order valence-electron chi connectivity index (χ3n) is 5.05. The van der Waals surface area contributed by atoms with Crippen molar-refractivity contribution in [2.24, 2.45) is 0 Å². The molecule has 0 aliphatic rings. The number of hydrogen-bond donors (Lipinski definition) is 2. The molecule has 176 valence electrons. The number of sulfonamides is 1. The Kier molecular flexibility index (Phi) is 7.28. The minimum atomic E-state index is -4.51. The summed E-state index contributed by atoms with van der Waals surface area (Å²) in [7, 11) is -3.31. The van der Waals surface area contributed by atoms with Crippen molar-refractivity contribution in [3.8, 4) is 11.3 Å². The molecule has 10 heteroatoms. The average Bonchev–Trinajstić information content (AvgIpc) is 3.07. The Morgan fingerprint density at radius 3 is 2.36 bits per heavy atom. The molecule has 0 aliphatic carbocycles. The second-order valence-electron chi connectivity index (χ2n) is 7.60. The van der Waals surface area contributed by atoms with E-state index in [-0.39, 0.29) is 12.2 Å². The molecule has 0 radical (unpaired) electrons. The Bertz CT molecular complexity index is 1240. The van der Waals surface area contributed by atoms with Crippen LogP contribution in [0.4, 0.5) is 18.9 Å². The van der Waals surface area contributed by atoms with Gasteiger partial charge in [-0.3, -0.25) is 4.79 Å². The number of alkyl halides is 3. The largest absolute Gasteiger partial charge is 0.416 e. The molecule has 1 amide bonds. The SMILES string of the molecule is Cc1c(C(=O)Nc2cccc(C(F)(F)F)c2)cc(-c2ccccc2)n1CCCNS(C)(=O)=O. The number of anilines is 1. The van der Waals surface area contributed by atoms with Gasteiger partial charge in [-0.2, -0.15) is 13.2 Å². The number of hydrogen-bond acceptors (Lipinski definition) is 3. The quantitative estimate of drug-likeness (QED) is 0.461. The van der Waals surface area contributed by atoms with Gasteiger partial charge < -0.3 is 9.88 Å². The predicted octanol–water partition coefficient (Wildman–Crippen LogP) is 4.67. The van der Waals surface area contributed by atoms with E-state index in [1.54, 1.807) is 13.0 Å². The third kappa shape index (κ3) is 6.45. The summed E-state index contributed by atoms with van der Waals surface area (Å²) < 4.78 is 66.0. The summed E-state index contributed by atoms with van der Waals surface area (Å²) >= 11 is 0. The highest BCUT2D eigenvalue weighted by atomic mass is 32.2. The number of amides is 1. The lowest BCUT2D eigenvalue weighted by Crippen LogP contribution is -2.24. The maximum atomic E-state index is 13.0. The van der Waals surface area contributed by atoms with E-state index in [4.69, 9.17) is 0 Å². The molecule has 2 aromatic carbocycles. The normalized spacial score (nSPS) is 12.0. The van der Waals surface area contributed by atoms with Gasteiger partial charge in [0.25, 0.3) is 5.91 Å². The molecule has 1 aromatic heterocycles. The van der Waals surface area contributed by atoms with Gasteiger partial charge >= 0.3 is 6.18 Å². The fraction of sp³-hybridized carbons (Fsp3) is 0.261. The van der Waals surface area contributed by atoms with Crippen molar-refractivity contribution in [3.05, 3.63) is 77.5 Å². The monoisotopic (exact) mass is 479 g/mol. The van der Waals surface area contributed by atoms with Crippen molar-refractivity contribution in [2.75, 3.05) is 18.1 Å². The van der Waals surface area contributed by atoms with Crippen LogP contribution in [0.3, 0.4) is 0 Å². The first kappa shape index (κ1) is 24.5. The fourth-order valence-corrected chi connectivity index (χ4v) is 3.99. The lowest BCUT2D eigenvalue weighted by atomic mass is 10.1. The van der Waals surface area contributed by atoms with Crippen LogP contribution < -0.4 is 10.0 Å². The number of aromatic nitrogens is 1. The maximum Gasteiger partial charge on any atom is 0.416 e. The van der Waals surface area contributed by atoms with Crippen LogP contribution in [0.2, 0.25) is 0 Å². The van der Waals surface area contributed by atoms with E-state index >= 15 is 0 Å². The summed E-state index contributed by atoms with van der Waals surface area (Å²) in [5.41, 5.74) is 1.75. The number of halogens is 3. The van der Waals surface area contributed by atoms with Gasteiger partial charge in [0.2, 0.25) is 10.0 Å². The van der Waals surface area contributed by atoms with Crippen LogP contribution >= 0.6 is 0 Å². The molecule has 2 N–H and O–H groups in total. The molecular weight excluding hydrogens is 455 g/mol. The van der Waals surface area contributed by atoms with Gasteiger partial charge in [-0.15, -0.1) is 0 Å². The summed E-state index contributed by atoms with van der Waals surface area (Å²) in [5, 5.41) is 2.55. The Balaban J connectivity index is 1.89. The number of rotatable bonds is 8. The Labute approximate surface area is 190 Å². The highest BCUT2D eigenvalue weighted by Gasteiger charge is 2.30. The second-order valence-corrected chi connectivity index (χ2v) is 9.43. The van der Waals surface area contributed by atoms with E-state index in [0.717, 1.165) is 29.6 Å². The molecule has 3 rings (SSSR count). The molecule has 0 spiro atoms. The number of carbonyl (C=O) groups is 1. The predicted molar refractivity (Wildman–Crippen MR) is 121 cm³/mol. The van der Waals surface area contributed by atoms with E-state index in [1.807, 2.05) is 34.9 Å². The minimum Gasteiger partial charge on any atom is -0.344 e. The van der Waals surface area contributed by atoms with Crippen molar-refractivity contribution in [2.45, 2.75) is 26.1 Å². The summed E-state index contributed by atoms with van der Waals surface area (Å²) in [6, 6.07) is 15.5. The Hall–Kier alpha value is -3.11. The van der Waals surface area contributed by atoms with E-state index in [1.165, 1.54) is 12.1 Å². The van der Waals surface area contributed by atoms with E-state index in [2.05, 4.69) is 10.0 Å². The van der Waals surface area contributed by atoms with Crippen LogP contribution in [0.15, 0.2) is 60.7 Å². The standard InChI is InChI=1S/C23H24F3N3O3S/c1-16-20(22(30)28-19-11-6-10-18(14-19)23(24,25)26)15-21(17-8-4-3-5-9-17)29(16)13-7-12-27-33(2,31)32/h3-6,8-11,14-15,27H,7,12-13H2,1-2H3,(H,28,30). The summed E-state index contributed by atoms with van der Waals surface area (Å²) in [6.45, 7) is 2.42. The zero-order valence-corrected chi connectivity index (χ0v) is 18.9. The van der Waals surface area contributed by atoms with Crippen LogP contribution in [0.5, 0.6) is 0 Å². The van der Waals surface area contributed by atoms with Gasteiger partial charge in [0.05, 0.1) is 17.4 Å². The van der Waals surface area contributed by atoms with Crippen LogP contribution in [-0.4, -0.2) is 31.7 Å². The molecule has 0 atom stereocenters. The Morgan fingerprint density at radius 2 is 1.73 bits per heavy atom. The molecular formula is C23H24F3N3O3S. The van der Waals surface area contributed by atoms with Gasteiger partial charge in [-0.25, -0.2) is 13.1 Å². The molecule has 0 unspecified atom stereocenters. The molecule has 0 saturated heterocycles. The smallest absolute Gasteiger partial charge is 0.344 e. The number of carbonyl (C=O) groups excluding carboxylic acids is 1. The van der Waals surface area contributed by atoms with Crippen molar-refractivity contribution in [3.63, 3.8) is 0 Å². The van der Waals surface area contributed by atoms with Crippen LogP contribution in [0.1, 0.15) is 28.0 Å². The van der Waals surface area contributed by atoms with Crippen molar-refractivity contribution < 1.29 is 26.4 Å². The van der Waals surface area contributed by atoms with Gasteiger partial charge in [-0.1, -0.05) is 36.4 Å². The molecule has 0 bridgehead atoms. The molecule has 6 nitrogen and oxygen atoms in total. The number of benzene rings is 2. The molecule has 0 fully saturated rings. The van der Waals surface area contributed by atoms with E-state index in [0.29, 0.717) is 24.2 Å². The summed E-state index contributed by atoms with van der Waals surface area (Å²) in [4.78, 5) is 13.0. The molecule has 0 saturated carbocycles. The van der Waals surface area contributed by atoms with Crippen molar-refractivity contribution in [1.29, 1.82) is 0 Å². The van der Waals surface area contributed by atoms with Crippen LogP contribution in [0.25, 0.3) is 11.3 Å². The molecule has 33 heavy (non-hydrogen) atoms. The van der Waals surface area contributed by atoms with Gasteiger partial charge in [0.15, 0.2) is 0 Å². The van der Waals surface area contributed by atoms with E-state index in [9.17, 15) is 26.4 Å². The molecule has 0 aliphatic heterocycles. The first-order valence-electron chi connectivity index (χ1n) is 10.1. The van der Waals surface area contributed by atoms with Crippen LogP contribution in [-0.2, 0) is 22.7 Å². The maximum absolute atomic E-state index is 13.0. The topological polar surface area (TPSA) is 80.2 Å². The van der Waals surface area contributed by atoms with Gasteiger partial charge in [0, 0.05) is 30.2 Å².